The first-order chi connectivity index (χ1) is 9.73. The molecule has 11 heteroatoms. The van der Waals surface area contributed by atoms with Gasteiger partial charge in [0.2, 0.25) is 11.7 Å². The second-order valence-corrected chi connectivity index (χ2v) is 4.46. The minimum Gasteiger partial charge on any atom is -0.387 e. The Morgan fingerprint density at radius 2 is 2.05 bits per heavy atom. The lowest BCUT2D eigenvalue weighted by Crippen LogP contribution is -2.45. The topological polar surface area (TPSA) is 168 Å². The van der Waals surface area contributed by atoms with Gasteiger partial charge < -0.3 is 25.8 Å². The van der Waals surface area contributed by atoms with E-state index in [9.17, 15) is 34.1 Å². The fraction of sp³-hybridized carbons (Fsp3) is 0.500. The third-order valence-corrected chi connectivity index (χ3v) is 3.08. The fourth-order valence-corrected chi connectivity index (χ4v) is 1.99. The number of nitrogens with two attached hydrogens (primary N) is 1. The summed E-state index contributed by atoms with van der Waals surface area (Å²) in [6.07, 6.45) is -8.20. The van der Waals surface area contributed by atoms with Crippen LogP contribution in [0.4, 0.5) is 4.39 Å². The Hall–Kier alpha value is -2.08. The number of aliphatic hydroxyl groups is 3. The molecule has 21 heavy (non-hydrogen) atoms. The van der Waals surface area contributed by atoms with Gasteiger partial charge in [-0.15, -0.1) is 0 Å². The number of amides is 1. The van der Waals surface area contributed by atoms with Crippen molar-refractivity contribution in [3.63, 3.8) is 0 Å². The SMILES string of the molecule is NC(=O)[C@@H](O)[C@@H]1O[C@@H](n2cc(F)c(=O)[nH]c2=O)[C@H](O)[C@@H]1O. The van der Waals surface area contributed by atoms with Crippen molar-refractivity contribution in [1.29, 1.82) is 0 Å². The number of carbonyl (C=O) groups is 1. The fourth-order valence-electron chi connectivity index (χ4n) is 1.99. The van der Waals surface area contributed by atoms with Gasteiger partial charge in [0.1, 0.15) is 18.3 Å². The van der Waals surface area contributed by atoms with Gasteiger partial charge in [-0.2, -0.15) is 4.39 Å². The summed E-state index contributed by atoms with van der Waals surface area (Å²) in [5.74, 6) is -2.54. The van der Waals surface area contributed by atoms with Crippen LogP contribution in [0.25, 0.3) is 0 Å². The van der Waals surface area contributed by atoms with Crippen molar-refractivity contribution in [3.05, 3.63) is 32.9 Å². The summed E-state index contributed by atoms with van der Waals surface area (Å²) in [6, 6.07) is 0. The number of rotatable bonds is 3. The van der Waals surface area contributed by atoms with Gasteiger partial charge in [0, 0.05) is 0 Å². The predicted octanol–water partition coefficient (Wildman–Crippen LogP) is -3.86. The van der Waals surface area contributed by atoms with Crippen LogP contribution in [-0.4, -0.2) is 55.2 Å². The lowest BCUT2D eigenvalue weighted by Gasteiger charge is -2.18. The second-order valence-electron chi connectivity index (χ2n) is 4.46. The molecule has 1 aliphatic rings. The molecule has 1 aromatic heterocycles. The van der Waals surface area contributed by atoms with E-state index >= 15 is 0 Å². The Kier molecular flexibility index (Phi) is 3.91. The van der Waals surface area contributed by atoms with E-state index in [1.165, 1.54) is 0 Å². The molecule has 0 bridgehead atoms. The summed E-state index contributed by atoms with van der Waals surface area (Å²) in [7, 11) is 0. The predicted molar refractivity (Wildman–Crippen MR) is 62.4 cm³/mol. The minimum atomic E-state index is -1.94. The molecule has 0 aliphatic carbocycles. The number of H-pyrrole nitrogens is 1. The van der Waals surface area contributed by atoms with E-state index in [0.717, 1.165) is 0 Å². The quantitative estimate of drug-likeness (QED) is 0.380. The van der Waals surface area contributed by atoms with E-state index in [4.69, 9.17) is 10.5 Å². The first-order valence-electron chi connectivity index (χ1n) is 5.74. The third-order valence-electron chi connectivity index (χ3n) is 3.08. The number of halogens is 1. The highest BCUT2D eigenvalue weighted by molar-refractivity contribution is 5.79. The molecule has 5 atom stereocenters. The largest absolute Gasteiger partial charge is 0.387 e. The maximum absolute atomic E-state index is 13.2. The molecule has 6 N–H and O–H groups in total. The van der Waals surface area contributed by atoms with E-state index in [1.54, 1.807) is 4.98 Å². The Morgan fingerprint density at radius 1 is 1.43 bits per heavy atom. The lowest BCUT2D eigenvalue weighted by molar-refractivity contribution is -0.140. The monoisotopic (exact) mass is 305 g/mol. The number of ether oxygens (including phenoxy) is 1. The number of nitrogens with zero attached hydrogens (tertiary/aromatic N) is 1. The molecule has 1 amide bonds. The van der Waals surface area contributed by atoms with Gasteiger partial charge in [-0.25, -0.2) is 4.79 Å². The van der Waals surface area contributed by atoms with E-state index in [-0.39, 0.29) is 0 Å². The lowest BCUT2D eigenvalue weighted by atomic mass is 10.1. The van der Waals surface area contributed by atoms with E-state index in [2.05, 4.69) is 0 Å². The number of carbonyl (C=O) groups excluding carboxylic acids is 1. The van der Waals surface area contributed by atoms with Crippen LogP contribution in [0.1, 0.15) is 6.23 Å². The first kappa shape index (κ1) is 15.3. The maximum atomic E-state index is 13.2. The molecule has 0 aromatic carbocycles. The summed E-state index contributed by atoms with van der Waals surface area (Å²) in [5, 5.41) is 28.9. The van der Waals surface area contributed by atoms with Crippen LogP contribution in [-0.2, 0) is 9.53 Å². The number of aromatic nitrogens is 2. The Labute approximate surface area is 115 Å². The van der Waals surface area contributed by atoms with Gasteiger partial charge in [0.25, 0.3) is 5.56 Å². The zero-order valence-electron chi connectivity index (χ0n) is 10.3. The first-order valence-corrected chi connectivity index (χ1v) is 5.74. The van der Waals surface area contributed by atoms with Crippen LogP contribution in [0.15, 0.2) is 15.8 Å². The van der Waals surface area contributed by atoms with Crippen molar-refractivity contribution < 1.29 is 29.2 Å². The zero-order chi connectivity index (χ0) is 15.9. The Bertz CT molecular complexity index is 671. The molecule has 0 saturated carbocycles. The number of aliphatic hydroxyl groups excluding tert-OH is 3. The smallest absolute Gasteiger partial charge is 0.330 e. The zero-order valence-corrected chi connectivity index (χ0v) is 10.3. The van der Waals surface area contributed by atoms with Crippen LogP contribution in [0, 0.1) is 5.82 Å². The Balaban J connectivity index is 2.38. The van der Waals surface area contributed by atoms with Gasteiger partial charge in [0.05, 0.1) is 6.20 Å². The summed E-state index contributed by atoms with van der Waals surface area (Å²) in [4.78, 5) is 35.0. The molecule has 2 heterocycles. The van der Waals surface area contributed by atoms with Gasteiger partial charge >= 0.3 is 5.69 Å². The number of aromatic amines is 1. The van der Waals surface area contributed by atoms with E-state index < -0.39 is 53.6 Å². The molecule has 1 fully saturated rings. The third kappa shape index (κ3) is 2.58. The second kappa shape index (κ2) is 5.37. The number of hydrogen-bond donors (Lipinski definition) is 5. The van der Waals surface area contributed by atoms with Crippen LogP contribution in [0.3, 0.4) is 0 Å². The van der Waals surface area contributed by atoms with Crippen molar-refractivity contribution >= 4 is 5.91 Å². The summed E-state index contributed by atoms with van der Waals surface area (Å²) < 4.78 is 18.7. The average Bonchev–Trinajstić information content (AvgIpc) is 2.70. The van der Waals surface area contributed by atoms with Crippen LogP contribution >= 0.6 is 0 Å². The standard InChI is InChI=1S/C10H12FN3O7/c11-2-1-14(10(20)13-8(2)19)9-4(16)3(15)6(21-9)5(17)7(12)18/h1,3-6,9,15-17H,(H2,12,18)(H,13,19,20)/t3-,4+,5-,6+,9+/m0/s1. The highest BCUT2D eigenvalue weighted by Crippen LogP contribution is 2.30. The van der Waals surface area contributed by atoms with Crippen molar-refractivity contribution in [3.8, 4) is 0 Å². The maximum Gasteiger partial charge on any atom is 0.330 e. The molecule has 116 valence electrons. The molecule has 2 rings (SSSR count). The van der Waals surface area contributed by atoms with Crippen LogP contribution in [0.5, 0.6) is 0 Å². The van der Waals surface area contributed by atoms with Gasteiger partial charge in [-0.05, 0) is 0 Å². The number of nitrogens with one attached hydrogen (secondary N) is 1. The highest BCUT2D eigenvalue weighted by atomic mass is 19.1. The van der Waals surface area contributed by atoms with E-state index in [1.807, 2.05) is 0 Å². The van der Waals surface area contributed by atoms with Gasteiger partial charge in [0.15, 0.2) is 12.3 Å². The average molecular weight is 305 g/mol. The van der Waals surface area contributed by atoms with Crippen molar-refractivity contribution in [2.75, 3.05) is 0 Å². The van der Waals surface area contributed by atoms with Crippen molar-refractivity contribution in [2.45, 2.75) is 30.6 Å². The molecule has 0 spiro atoms. The number of hydrogen-bond acceptors (Lipinski definition) is 7. The molecule has 1 aliphatic heterocycles. The normalized spacial score (nSPS) is 30.3. The summed E-state index contributed by atoms with van der Waals surface area (Å²) in [6.45, 7) is 0. The summed E-state index contributed by atoms with van der Waals surface area (Å²) in [5.41, 5.74) is 2.47. The van der Waals surface area contributed by atoms with Crippen molar-refractivity contribution in [2.24, 2.45) is 5.73 Å². The van der Waals surface area contributed by atoms with Crippen LogP contribution < -0.4 is 17.0 Å². The van der Waals surface area contributed by atoms with Crippen LogP contribution in [0.2, 0.25) is 0 Å². The van der Waals surface area contributed by atoms with Gasteiger partial charge in [-0.3, -0.25) is 19.1 Å². The molecular formula is C10H12FN3O7. The van der Waals surface area contributed by atoms with Crippen molar-refractivity contribution in [1.82, 2.24) is 9.55 Å². The minimum absolute atomic E-state index is 0.473. The molecular weight excluding hydrogens is 293 g/mol. The molecule has 0 unspecified atom stereocenters. The molecule has 0 radical (unpaired) electrons. The number of primary amides is 1. The van der Waals surface area contributed by atoms with Gasteiger partial charge in [-0.1, -0.05) is 0 Å². The molecule has 1 saturated heterocycles. The highest BCUT2D eigenvalue weighted by Gasteiger charge is 2.48. The Morgan fingerprint density at radius 3 is 2.62 bits per heavy atom. The molecule has 1 aromatic rings. The summed E-state index contributed by atoms with van der Waals surface area (Å²) >= 11 is 0. The molecule has 10 nitrogen and oxygen atoms in total. The van der Waals surface area contributed by atoms with E-state index in [0.29, 0.717) is 10.8 Å².